The maximum absolute atomic E-state index is 12.9. The molecule has 2 aromatic carbocycles. The topological polar surface area (TPSA) is 54.5 Å². The third kappa shape index (κ3) is 6.40. The van der Waals surface area contributed by atoms with Crippen LogP contribution < -0.4 is 5.32 Å². The highest BCUT2D eigenvalue weighted by Gasteiger charge is 2.17. The van der Waals surface area contributed by atoms with Crippen molar-refractivity contribution >= 4 is 29.0 Å². The minimum Gasteiger partial charge on any atom is -0.376 e. The van der Waals surface area contributed by atoms with E-state index >= 15 is 0 Å². The SMILES string of the molecule is CC1CN(Cc2cccc(CNC(=O)c3ccccc3SCc3cscn3)c2)CCO1. The van der Waals surface area contributed by atoms with E-state index < -0.39 is 0 Å². The number of thioether (sulfide) groups is 1. The Kier molecular flexibility index (Phi) is 7.75. The number of thiazole rings is 1. The molecule has 1 amide bonds. The zero-order valence-corrected chi connectivity index (χ0v) is 19.3. The Hall–Kier alpha value is -2.19. The van der Waals surface area contributed by atoms with E-state index in [0.29, 0.717) is 12.1 Å². The van der Waals surface area contributed by atoms with Gasteiger partial charge in [-0.2, -0.15) is 0 Å². The summed E-state index contributed by atoms with van der Waals surface area (Å²) >= 11 is 3.23. The van der Waals surface area contributed by atoms with Gasteiger partial charge in [0.2, 0.25) is 0 Å². The van der Waals surface area contributed by atoms with E-state index in [1.165, 1.54) is 5.56 Å². The van der Waals surface area contributed by atoms with Gasteiger partial charge in [-0.05, 0) is 30.2 Å². The summed E-state index contributed by atoms with van der Waals surface area (Å²) in [6.07, 6.45) is 0.282. The van der Waals surface area contributed by atoms with Gasteiger partial charge in [0.25, 0.3) is 5.91 Å². The molecule has 0 saturated carbocycles. The smallest absolute Gasteiger partial charge is 0.252 e. The molecule has 4 rings (SSSR count). The van der Waals surface area contributed by atoms with Crippen molar-refractivity contribution in [2.75, 3.05) is 19.7 Å². The van der Waals surface area contributed by atoms with Crippen LogP contribution in [0.1, 0.15) is 34.1 Å². The summed E-state index contributed by atoms with van der Waals surface area (Å²) in [5.74, 6) is 0.712. The lowest BCUT2D eigenvalue weighted by Gasteiger charge is -2.31. The van der Waals surface area contributed by atoms with E-state index in [0.717, 1.165) is 48.1 Å². The highest BCUT2D eigenvalue weighted by atomic mass is 32.2. The highest BCUT2D eigenvalue weighted by Crippen LogP contribution is 2.26. The molecule has 31 heavy (non-hydrogen) atoms. The van der Waals surface area contributed by atoms with Gasteiger partial charge in [-0.25, -0.2) is 4.98 Å². The molecule has 1 aliphatic heterocycles. The molecule has 1 unspecified atom stereocenters. The number of rotatable bonds is 8. The normalized spacial score (nSPS) is 16.9. The van der Waals surface area contributed by atoms with Gasteiger partial charge < -0.3 is 10.1 Å². The summed E-state index contributed by atoms with van der Waals surface area (Å²) in [5, 5.41) is 5.13. The maximum atomic E-state index is 12.9. The van der Waals surface area contributed by atoms with Crippen LogP contribution >= 0.6 is 23.1 Å². The molecule has 1 atom stereocenters. The third-order valence-electron chi connectivity index (χ3n) is 5.17. The lowest BCUT2D eigenvalue weighted by Crippen LogP contribution is -2.40. The van der Waals surface area contributed by atoms with Crippen LogP contribution in [0.25, 0.3) is 0 Å². The van der Waals surface area contributed by atoms with Gasteiger partial charge in [0.15, 0.2) is 0 Å². The summed E-state index contributed by atoms with van der Waals surface area (Å²) in [6, 6.07) is 16.2. The predicted octanol–water partition coefficient (Wildman–Crippen LogP) is 4.59. The fourth-order valence-electron chi connectivity index (χ4n) is 3.65. The molecule has 7 heteroatoms. The number of amides is 1. The van der Waals surface area contributed by atoms with Gasteiger partial charge in [-0.1, -0.05) is 36.4 Å². The van der Waals surface area contributed by atoms with Crippen LogP contribution in [0.2, 0.25) is 0 Å². The van der Waals surface area contributed by atoms with Crippen LogP contribution in [0.4, 0.5) is 0 Å². The number of hydrogen-bond acceptors (Lipinski definition) is 6. The van der Waals surface area contributed by atoms with Gasteiger partial charge >= 0.3 is 0 Å². The van der Waals surface area contributed by atoms with Gasteiger partial charge in [-0.3, -0.25) is 9.69 Å². The van der Waals surface area contributed by atoms with Crippen molar-refractivity contribution < 1.29 is 9.53 Å². The van der Waals surface area contributed by atoms with Crippen LogP contribution in [0.15, 0.2) is 64.3 Å². The van der Waals surface area contributed by atoms with Crippen molar-refractivity contribution in [3.05, 3.63) is 81.8 Å². The molecule has 1 fully saturated rings. The van der Waals surface area contributed by atoms with Gasteiger partial charge in [0.05, 0.1) is 29.5 Å². The lowest BCUT2D eigenvalue weighted by atomic mass is 10.1. The summed E-state index contributed by atoms with van der Waals surface area (Å²) in [4.78, 5) is 20.6. The first-order valence-electron chi connectivity index (χ1n) is 10.5. The molecule has 0 spiro atoms. The van der Waals surface area contributed by atoms with E-state index in [-0.39, 0.29) is 12.0 Å². The minimum atomic E-state index is -0.0474. The molecule has 5 nitrogen and oxygen atoms in total. The Labute approximate surface area is 191 Å². The van der Waals surface area contributed by atoms with Crippen LogP contribution in [-0.4, -0.2) is 41.6 Å². The Balaban J connectivity index is 1.34. The number of carbonyl (C=O) groups excluding carboxylic acids is 1. The first kappa shape index (κ1) is 22.0. The van der Waals surface area contributed by atoms with Crippen LogP contribution in [0, 0.1) is 0 Å². The first-order chi connectivity index (χ1) is 15.2. The summed E-state index contributed by atoms with van der Waals surface area (Å²) in [7, 11) is 0. The number of carbonyl (C=O) groups is 1. The summed E-state index contributed by atoms with van der Waals surface area (Å²) < 4.78 is 5.63. The molecule has 3 aromatic rings. The van der Waals surface area contributed by atoms with E-state index in [4.69, 9.17) is 4.74 Å². The second kappa shape index (κ2) is 10.9. The van der Waals surface area contributed by atoms with Crippen LogP contribution in [0.3, 0.4) is 0 Å². The van der Waals surface area contributed by atoms with Crippen molar-refractivity contribution in [1.29, 1.82) is 0 Å². The number of aromatic nitrogens is 1. The lowest BCUT2D eigenvalue weighted by molar-refractivity contribution is -0.0212. The Morgan fingerprint density at radius 2 is 2.13 bits per heavy atom. The second-order valence-corrected chi connectivity index (χ2v) is 9.42. The number of nitrogens with zero attached hydrogens (tertiary/aromatic N) is 2. The van der Waals surface area contributed by atoms with Crippen LogP contribution in [0.5, 0.6) is 0 Å². The summed E-state index contributed by atoms with van der Waals surface area (Å²) in [5.41, 5.74) is 5.96. The zero-order chi connectivity index (χ0) is 21.5. The van der Waals surface area contributed by atoms with Crippen molar-refractivity contribution in [2.45, 2.75) is 36.8 Å². The van der Waals surface area contributed by atoms with Gasteiger partial charge in [0, 0.05) is 42.2 Å². The minimum absolute atomic E-state index is 0.0474. The largest absolute Gasteiger partial charge is 0.376 e. The number of hydrogen-bond donors (Lipinski definition) is 1. The van der Waals surface area contributed by atoms with Gasteiger partial charge in [0.1, 0.15) is 0 Å². The van der Waals surface area contributed by atoms with E-state index in [9.17, 15) is 4.79 Å². The molecule has 0 radical (unpaired) electrons. The average Bonchev–Trinajstić information content (AvgIpc) is 3.30. The van der Waals surface area contributed by atoms with Gasteiger partial charge in [-0.15, -0.1) is 23.1 Å². The number of morpholine rings is 1. The molecule has 1 aliphatic rings. The van der Waals surface area contributed by atoms with E-state index in [1.54, 1.807) is 23.1 Å². The van der Waals surface area contributed by atoms with Crippen LogP contribution in [-0.2, 0) is 23.6 Å². The van der Waals surface area contributed by atoms with Crippen molar-refractivity contribution in [1.82, 2.24) is 15.2 Å². The fraction of sp³-hybridized carbons (Fsp3) is 0.333. The molecule has 1 N–H and O–H groups in total. The number of nitrogens with one attached hydrogen (secondary N) is 1. The average molecular weight is 454 g/mol. The molecule has 1 saturated heterocycles. The van der Waals surface area contributed by atoms with E-state index in [2.05, 4.69) is 46.4 Å². The maximum Gasteiger partial charge on any atom is 0.252 e. The first-order valence-corrected chi connectivity index (χ1v) is 12.4. The molecule has 1 aromatic heterocycles. The van der Waals surface area contributed by atoms with Crippen molar-refractivity contribution in [3.63, 3.8) is 0 Å². The van der Waals surface area contributed by atoms with Crippen molar-refractivity contribution in [2.24, 2.45) is 0 Å². The summed E-state index contributed by atoms with van der Waals surface area (Å²) in [6.45, 7) is 6.24. The molecule has 162 valence electrons. The monoisotopic (exact) mass is 453 g/mol. The third-order valence-corrected chi connectivity index (χ3v) is 6.91. The zero-order valence-electron chi connectivity index (χ0n) is 17.6. The number of benzene rings is 2. The van der Waals surface area contributed by atoms with E-state index in [1.807, 2.05) is 35.2 Å². The number of ether oxygens (including phenoxy) is 1. The fourth-order valence-corrected chi connectivity index (χ4v) is 5.26. The Bertz CT molecular complexity index is 994. The molecular formula is C24H27N3O2S2. The molecule has 2 heterocycles. The molecule has 0 aliphatic carbocycles. The standard InChI is InChI=1S/C24H27N3O2S2/c1-18-13-27(9-10-29-18)14-20-6-4-5-19(11-20)12-25-24(28)22-7-2-3-8-23(22)31-16-21-15-30-17-26-21/h2-8,11,15,17-18H,9-10,12-14,16H2,1H3,(H,25,28). The molecule has 0 bridgehead atoms. The molecular weight excluding hydrogens is 426 g/mol. The second-order valence-electron chi connectivity index (χ2n) is 7.68. The quantitative estimate of drug-likeness (QED) is 0.506. The Morgan fingerprint density at radius 1 is 1.26 bits per heavy atom. The Morgan fingerprint density at radius 3 is 2.97 bits per heavy atom. The van der Waals surface area contributed by atoms with Crippen molar-refractivity contribution in [3.8, 4) is 0 Å². The highest BCUT2D eigenvalue weighted by molar-refractivity contribution is 7.98. The predicted molar refractivity (Wildman–Crippen MR) is 126 cm³/mol.